The van der Waals surface area contributed by atoms with E-state index in [0.29, 0.717) is 5.56 Å². The summed E-state index contributed by atoms with van der Waals surface area (Å²) in [6.45, 7) is 1.56. The number of hydrogen-bond donors (Lipinski definition) is 3. The SMILES string of the molecule is CC(O)(CC(=O)NCC(=O)NC1CCCCC1)c1ccccc1. The van der Waals surface area contributed by atoms with Crippen LogP contribution in [-0.2, 0) is 15.2 Å². The Morgan fingerprint density at radius 2 is 1.78 bits per heavy atom. The van der Waals surface area contributed by atoms with Gasteiger partial charge in [-0.2, -0.15) is 0 Å². The van der Waals surface area contributed by atoms with Crippen LogP contribution in [0.5, 0.6) is 0 Å². The summed E-state index contributed by atoms with van der Waals surface area (Å²) in [7, 11) is 0. The Balaban J connectivity index is 1.75. The fraction of sp³-hybridized carbons (Fsp3) is 0.556. The molecule has 1 atom stereocenters. The Bertz CT molecular complexity index is 522. The third-order valence-corrected chi connectivity index (χ3v) is 4.32. The Kier molecular flexibility index (Phi) is 6.16. The molecule has 1 saturated carbocycles. The normalized spacial score (nSPS) is 18.0. The van der Waals surface area contributed by atoms with Crippen molar-refractivity contribution >= 4 is 11.8 Å². The maximum atomic E-state index is 12.0. The second-order valence-corrected chi connectivity index (χ2v) is 6.50. The topological polar surface area (TPSA) is 78.4 Å². The number of carbonyl (C=O) groups is 2. The first-order valence-corrected chi connectivity index (χ1v) is 8.31. The Hall–Kier alpha value is -1.88. The van der Waals surface area contributed by atoms with Crippen molar-refractivity contribution < 1.29 is 14.7 Å². The molecule has 5 nitrogen and oxygen atoms in total. The highest BCUT2D eigenvalue weighted by molar-refractivity contribution is 5.85. The highest BCUT2D eigenvalue weighted by Gasteiger charge is 2.26. The van der Waals surface area contributed by atoms with Gasteiger partial charge in [0.25, 0.3) is 0 Å². The first kappa shape index (κ1) is 17.5. The minimum Gasteiger partial charge on any atom is -0.385 e. The van der Waals surface area contributed by atoms with Crippen LogP contribution < -0.4 is 10.6 Å². The lowest BCUT2D eigenvalue weighted by Crippen LogP contribution is -2.43. The predicted octanol–water partition coefficient (Wildman–Crippen LogP) is 1.85. The van der Waals surface area contributed by atoms with E-state index in [9.17, 15) is 14.7 Å². The summed E-state index contributed by atoms with van der Waals surface area (Å²) >= 11 is 0. The third-order valence-electron chi connectivity index (χ3n) is 4.32. The molecule has 1 unspecified atom stereocenters. The van der Waals surface area contributed by atoms with Crippen LogP contribution >= 0.6 is 0 Å². The van der Waals surface area contributed by atoms with Crippen LogP contribution in [0.15, 0.2) is 30.3 Å². The summed E-state index contributed by atoms with van der Waals surface area (Å²) in [5.41, 5.74) is -0.563. The molecule has 1 aromatic carbocycles. The molecule has 0 radical (unpaired) electrons. The molecule has 0 saturated heterocycles. The molecule has 1 aliphatic rings. The van der Waals surface area contributed by atoms with Crippen LogP contribution in [0.4, 0.5) is 0 Å². The van der Waals surface area contributed by atoms with Crippen molar-refractivity contribution in [1.29, 1.82) is 0 Å². The van der Waals surface area contributed by atoms with Crippen LogP contribution in [0.25, 0.3) is 0 Å². The van der Waals surface area contributed by atoms with E-state index < -0.39 is 5.60 Å². The third kappa shape index (κ3) is 5.67. The van der Waals surface area contributed by atoms with Gasteiger partial charge < -0.3 is 15.7 Å². The van der Waals surface area contributed by atoms with Gasteiger partial charge in [0.1, 0.15) is 0 Å². The monoisotopic (exact) mass is 318 g/mol. The first-order chi connectivity index (χ1) is 11.0. The van der Waals surface area contributed by atoms with E-state index in [1.807, 2.05) is 18.2 Å². The number of carbonyl (C=O) groups excluding carboxylic acids is 2. The van der Waals surface area contributed by atoms with Crippen molar-refractivity contribution in [2.24, 2.45) is 0 Å². The average Bonchev–Trinajstić information content (AvgIpc) is 2.54. The first-order valence-electron chi connectivity index (χ1n) is 8.31. The van der Waals surface area contributed by atoms with Gasteiger partial charge in [-0.1, -0.05) is 49.6 Å². The zero-order valence-corrected chi connectivity index (χ0v) is 13.7. The smallest absolute Gasteiger partial charge is 0.239 e. The minimum absolute atomic E-state index is 0.0415. The molecular formula is C18H26N2O3. The molecule has 0 aromatic heterocycles. The maximum Gasteiger partial charge on any atom is 0.239 e. The Morgan fingerprint density at radius 3 is 2.43 bits per heavy atom. The summed E-state index contributed by atoms with van der Waals surface area (Å²) in [4.78, 5) is 23.8. The standard InChI is InChI=1S/C18H26N2O3/c1-18(23,14-8-4-2-5-9-14)12-16(21)19-13-17(22)20-15-10-6-3-7-11-15/h2,4-5,8-9,15,23H,3,6-7,10-13H2,1H3,(H,19,21)(H,20,22). The molecule has 1 fully saturated rings. The summed E-state index contributed by atoms with van der Waals surface area (Å²) in [5.74, 6) is -0.498. The van der Waals surface area contributed by atoms with E-state index >= 15 is 0 Å². The molecule has 0 bridgehead atoms. The molecule has 5 heteroatoms. The van der Waals surface area contributed by atoms with E-state index in [2.05, 4.69) is 10.6 Å². The van der Waals surface area contributed by atoms with Gasteiger partial charge >= 0.3 is 0 Å². The van der Waals surface area contributed by atoms with Gasteiger partial charge in [-0.05, 0) is 25.3 Å². The number of rotatable bonds is 6. The van der Waals surface area contributed by atoms with Crippen molar-refractivity contribution in [1.82, 2.24) is 10.6 Å². The molecule has 0 heterocycles. The maximum absolute atomic E-state index is 12.0. The molecule has 1 aliphatic carbocycles. The number of amides is 2. The van der Waals surface area contributed by atoms with Crippen molar-refractivity contribution in [3.05, 3.63) is 35.9 Å². The predicted molar refractivity (Wildman–Crippen MR) is 88.7 cm³/mol. The molecular weight excluding hydrogens is 292 g/mol. The van der Waals surface area contributed by atoms with Gasteiger partial charge in [-0.25, -0.2) is 0 Å². The molecule has 0 aliphatic heterocycles. The van der Waals surface area contributed by atoms with Gasteiger partial charge in [-0.15, -0.1) is 0 Å². The Labute approximate surface area is 137 Å². The fourth-order valence-electron chi connectivity index (χ4n) is 2.98. The van der Waals surface area contributed by atoms with Crippen LogP contribution in [0.3, 0.4) is 0 Å². The van der Waals surface area contributed by atoms with Gasteiger partial charge in [0.05, 0.1) is 18.6 Å². The highest BCUT2D eigenvalue weighted by Crippen LogP contribution is 2.23. The van der Waals surface area contributed by atoms with Gasteiger partial charge in [0.15, 0.2) is 0 Å². The molecule has 2 rings (SSSR count). The van der Waals surface area contributed by atoms with E-state index in [0.717, 1.165) is 25.7 Å². The van der Waals surface area contributed by atoms with Crippen LogP contribution in [0.1, 0.15) is 51.0 Å². The molecule has 3 N–H and O–H groups in total. The Morgan fingerprint density at radius 1 is 1.13 bits per heavy atom. The van der Waals surface area contributed by atoms with Gasteiger partial charge in [0, 0.05) is 6.04 Å². The number of hydrogen-bond acceptors (Lipinski definition) is 3. The van der Waals surface area contributed by atoms with E-state index in [1.54, 1.807) is 19.1 Å². The lowest BCUT2D eigenvalue weighted by molar-refractivity contribution is -0.129. The van der Waals surface area contributed by atoms with Gasteiger partial charge in [0.2, 0.25) is 11.8 Å². The molecule has 1 aromatic rings. The fourth-order valence-corrected chi connectivity index (χ4v) is 2.98. The second kappa shape index (κ2) is 8.11. The average molecular weight is 318 g/mol. The van der Waals surface area contributed by atoms with Crippen molar-refractivity contribution in [2.45, 2.75) is 57.1 Å². The van der Waals surface area contributed by atoms with Crippen molar-refractivity contribution in [2.75, 3.05) is 6.54 Å². The van der Waals surface area contributed by atoms with Crippen molar-refractivity contribution in [3.63, 3.8) is 0 Å². The molecule has 0 spiro atoms. The van der Waals surface area contributed by atoms with E-state index in [-0.39, 0.29) is 30.8 Å². The molecule has 23 heavy (non-hydrogen) atoms. The van der Waals surface area contributed by atoms with E-state index in [1.165, 1.54) is 6.42 Å². The zero-order valence-electron chi connectivity index (χ0n) is 13.7. The largest absolute Gasteiger partial charge is 0.385 e. The van der Waals surface area contributed by atoms with Gasteiger partial charge in [-0.3, -0.25) is 9.59 Å². The molecule has 126 valence electrons. The summed E-state index contributed by atoms with van der Waals surface area (Å²) in [6.07, 6.45) is 5.49. The summed E-state index contributed by atoms with van der Waals surface area (Å²) in [5, 5.41) is 16.0. The van der Waals surface area contributed by atoms with Crippen molar-refractivity contribution in [3.8, 4) is 0 Å². The quantitative estimate of drug-likeness (QED) is 0.749. The second-order valence-electron chi connectivity index (χ2n) is 6.50. The summed E-state index contributed by atoms with van der Waals surface area (Å²) in [6, 6.07) is 9.29. The number of aliphatic hydroxyl groups is 1. The van der Waals surface area contributed by atoms with Crippen LogP contribution in [-0.4, -0.2) is 29.5 Å². The minimum atomic E-state index is -1.24. The highest BCUT2D eigenvalue weighted by atomic mass is 16.3. The van der Waals surface area contributed by atoms with Crippen LogP contribution in [0.2, 0.25) is 0 Å². The number of nitrogens with one attached hydrogen (secondary N) is 2. The van der Waals surface area contributed by atoms with E-state index in [4.69, 9.17) is 0 Å². The molecule has 2 amide bonds. The lowest BCUT2D eigenvalue weighted by Gasteiger charge is -2.24. The zero-order chi connectivity index (χ0) is 16.7. The summed E-state index contributed by atoms with van der Waals surface area (Å²) < 4.78 is 0. The lowest BCUT2D eigenvalue weighted by atomic mass is 9.92. The van der Waals surface area contributed by atoms with Crippen LogP contribution in [0, 0.1) is 0 Å². The number of benzene rings is 1.